The minimum atomic E-state index is -0.915. The highest BCUT2D eigenvalue weighted by Crippen LogP contribution is 2.47. The predicted molar refractivity (Wildman–Crippen MR) is 128 cm³/mol. The number of Topliss-reactive ketones (excluding diaryl/α,β-unsaturated/α-hetero) is 1. The Kier molecular flexibility index (Phi) is 9.86. The van der Waals surface area contributed by atoms with Crippen LogP contribution in [0.15, 0.2) is 24.3 Å². The van der Waals surface area contributed by atoms with E-state index in [2.05, 4.69) is 10.6 Å². The maximum atomic E-state index is 13.9. The highest BCUT2D eigenvalue weighted by Gasteiger charge is 2.32. The van der Waals surface area contributed by atoms with Gasteiger partial charge in [0.15, 0.2) is 28.9 Å². The second kappa shape index (κ2) is 12.6. The number of rotatable bonds is 13. The summed E-state index contributed by atoms with van der Waals surface area (Å²) in [6.45, 7) is 0.0762. The van der Waals surface area contributed by atoms with Crippen molar-refractivity contribution in [1.29, 1.82) is 5.41 Å². The summed E-state index contributed by atoms with van der Waals surface area (Å²) in [6.07, 6.45) is 0.717. The lowest BCUT2D eigenvalue weighted by Crippen LogP contribution is -2.44. The smallest absolute Gasteiger partial charge is 0.234 e. The van der Waals surface area contributed by atoms with Crippen molar-refractivity contribution in [2.75, 3.05) is 46.8 Å². The first-order valence-electron chi connectivity index (χ1n) is 10.5. The molecular formula is C22H32N6O6. The lowest BCUT2D eigenvalue weighted by Gasteiger charge is -2.27. The van der Waals surface area contributed by atoms with Crippen LogP contribution >= 0.6 is 0 Å². The molecule has 0 fully saturated rings. The first-order valence-corrected chi connectivity index (χ1v) is 10.5. The third kappa shape index (κ3) is 5.84. The van der Waals surface area contributed by atoms with E-state index in [0.29, 0.717) is 29.5 Å². The Morgan fingerprint density at radius 1 is 1.06 bits per heavy atom. The number of hydrogen-bond donors (Lipinski definition) is 5. The number of guanidine groups is 1. The molecule has 2 aromatic carbocycles. The number of hydrogen-bond acceptors (Lipinski definition) is 9. The van der Waals surface area contributed by atoms with Gasteiger partial charge in [-0.25, -0.2) is 0 Å². The molecule has 2 rings (SSSR count). The number of nitrogens with two attached hydrogens (primary N) is 2. The van der Waals surface area contributed by atoms with E-state index in [1.54, 1.807) is 24.3 Å². The van der Waals surface area contributed by atoms with Gasteiger partial charge in [-0.15, -0.1) is 5.23 Å². The summed E-state index contributed by atoms with van der Waals surface area (Å²) in [5.41, 5.74) is 11.3. The average Bonchev–Trinajstić information content (AvgIpc) is 2.84. The van der Waals surface area contributed by atoms with Crippen LogP contribution in [0.25, 0.3) is 10.8 Å². The van der Waals surface area contributed by atoms with E-state index < -0.39 is 17.7 Å². The number of ketones is 1. The number of carbonyl (C=O) groups excluding carboxylic acids is 2. The number of nitrogens with zero attached hydrogens (tertiary/aromatic N) is 1. The fourth-order valence-corrected chi connectivity index (χ4v) is 3.67. The van der Waals surface area contributed by atoms with E-state index in [4.69, 9.17) is 36.0 Å². The van der Waals surface area contributed by atoms with Crippen molar-refractivity contribution in [2.24, 2.45) is 11.5 Å². The maximum absolute atomic E-state index is 13.9. The molecule has 0 aliphatic carbocycles. The number of fused-ring (bicyclic) bond motifs is 1. The molecule has 0 bridgehead atoms. The second-order valence-corrected chi connectivity index (χ2v) is 7.13. The van der Waals surface area contributed by atoms with Gasteiger partial charge < -0.3 is 31.6 Å². The molecular weight excluding hydrogens is 444 g/mol. The third-order valence-corrected chi connectivity index (χ3v) is 5.09. The molecule has 0 aliphatic rings. The van der Waals surface area contributed by atoms with Crippen LogP contribution < -0.4 is 36.8 Å². The van der Waals surface area contributed by atoms with Gasteiger partial charge in [0.2, 0.25) is 5.91 Å². The molecule has 0 aliphatic heterocycles. The molecule has 12 nitrogen and oxygen atoms in total. The second-order valence-electron chi connectivity index (χ2n) is 7.13. The number of anilines is 1. The van der Waals surface area contributed by atoms with E-state index in [1.165, 1.54) is 28.4 Å². The van der Waals surface area contributed by atoms with Crippen molar-refractivity contribution in [3.05, 3.63) is 29.8 Å². The molecule has 2 aromatic rings. The third-order valence-electron chi connectivity index (χ3n) is 5.09. The van der Waals surface area contributed by atoms with Gasteiger partial charge in [0.05, 0.1) is 46.6 Å². The Labute approximate surface area is 197 Å². The van der Waals surface area contributed by atoms with Crippen molar-refractivity contribution >= 4 is 34.1 Å². The molecule has 186 valence electrons. The normalized spacial score (nSPS) is 11.6. The lowest BCUT2D eigenvalue weighted by molar-refractivity contribution is -0.120. The molecule has 34 heavy (non-hydrogen) atoms. The fourth-order valence-electron chi connectivity index (χ4n) is 3.67. The topological polar surface area (TPSA) is 174 Å². The number of nitrogens with one attached hydrogen (secondary N) is 3. The summed E-state index contributed by atoms with van der Waals surface area (Å²) in [7, 11) is 5.69. The number of carbonyl (C=O) groups is 2. The number of benzene rings is 2. The SMILES string of the molecule is COc1c(N(OC)OC)c(OC)c2ccccc2c1C(=O)C(CCCNC(=N)N)NC(=O)CN. The van der Waals surface area contributed by atoms with Gasteiger partial charge in [-0.05, 0) is 12.8 Å². The highest BCUT2D eigenvalue weighted by atomic mass is 16.9. The first kappa shape index (κ1) is 26.6. The van der Waals surface area contributed by atoms with Gasteiger partial charge in [-0.3, -0.25) is 24.7 Å². The molecule has 0 heterocycles. The minimum Gasteiger partial charge on any atom is -0.494 e. The summed E-state index contributed by atoms with van der Waals surface area (Å²) in [5.74, 6) is -0.529. The number of methoxy groups -OCH3 is 2. The Balaban J connectivity index is 2.70. The van der Waals surface area contributed by atoms with E-state index in [0.717, 1.165) is 5.23 Å². The quantitative estimate of drug-likeness (QED) is 0.0909. The zero-order valence-corrected chi connectivity index (χ0v) is 19.8. The van der Waals surface area contributed by atoms with E-state index in [1.807, 2.05) is 0 Å². The minimum absolute atomic E-state index is 0.151. The molecule has 0 spiro atoms. The first-order chi connectivity index (χ1) is 16.3. The molecule has 7 N–H and O–H groups in total. The van der Waals surface area contributed by atoms with Crippen LogP contribution in [0, 0.1) is 5.41 Å². The molecule has 0 saturated carbocycles. The van der Waals surface area contributed by atoms with Gasteiger partial charge in [0.25, 0.3) is 0 Å². The Morgan fingerprint density at radius 3 is 2.21 bits per heavy atom. The summed E-state index contributed by atoms with van der Waals surface area (Å²) in [4.78, 5) is 36.7. The Bertz CT molecular complexity index is 1030. The molecule has 0 radical (unpaired) electrons. The molecule has 1 amide bonds. The van der Waals surface area contributed by atoms with E-state index in [9.17, 15) is 9.59 Å². The van der Waals surface area contributed by atoms with Crippen molar-refractivity contribution in [3.8, 4) is 11.5 Å². The van der Waals surface area contributed by atoms with Crippen molar-refractivity contribution in [3.63, 3.8) is 0 Å². The van der Waals surface area contributed by atoms with Crippen LogP contribution in [0.2, 0.25) is 0 Å². The number of amides is 1. The van der Waals surface area contributed by atoms with Crippen LogP contribution in [0.1, 0.15) is 23.2 Å². The van der Waals surface area contributed by atoms with Crippen LogP contribution in [0.4, 0.5) is 5.69 Å². The van der Waals surface area contributed by atoms with Crippen molar-refractivity contribution in [2.45, 2.75) is 18.9 Å². The summed E-state index contributed by atoms with van der Waals surface area (Å²) in [6, 6.07) is 6.23. The summed E-state index contributed by atoms with van der Waals surface area (Å²) < 4.78 is 11.3. The monoisotopic (exact) mass is 476 g/mol. The van der Waals surface area contributed by atoms with Gasteiger partial charge >= 0.3 is 0 Å². The standard InChI is InChI=1S/C22H32N6O6/c1-31-20-14-9-6-5-8-13(14)17(21(32-2)18(20)28(33-3)34-4)19(30)15(27-16(29)12-23)10-7-11-26-22(24)25/h5-6,8-9,15H,7,10-12,23H2,1-4H3,(H,27,29)(H4,24,25,26). The van der Waals surface area contributed by atoms with Gasteiger partial charge in [-0.2, -0.15) is 0 Å². The van der Waals surface area contributed by atoms with Crippen LogP contribution in [0.5, 0.6) is 11.5 Å². The highest BCUT2D eigenvalue weighted by molar-refractivity contribution is 6.17. The number of ether oxygens (including phenoxy) is 2. The Morgan fingerprint density at radius 2 is 1.68 bits per heavy atom. The van der Waals surface area contributed by atoms with Crippen molar-refractivity contribution < 1.29 is 28.7 Å². The van der Waals surface area contributed by atoms with Gasteiger partial charge in [-0.1, -0.05) is 24.3 Å². The average molecular weight is 477 g/mol. The molecule has 1 atom stereocenters. The summed E-state index contributed by atoms with van der Waals surface area (Å²) >= 11 is 0. The van der Waals surface area contributed by atoms with Gasteiger partial charge in [0.1, 0.15) is 0 Å². The zero-order valence-electron chi connectivity index (χ0n) is 19.8. The van der Waals surface area contributed by atoms with E-state index >= 15 is 0 Å². The molecule has 1 unspecified atom stereocenters. The maximum Gasteiger partial charge on any atom is 0.234 e. The molecule has 12 heteroatoms. The molecule has 0 saturated heterocycles. The largest absolute Gasteiger partial charge is 0.494 e. The van der Waals surface area contributed by atoms with E-state index in [-0.39, 0.29) is 35.9 Å². The van der Waals surface area contributed by atoms with Crippen LogP contribution in [-0.4, -0.2) is 65.2 Å². The Hall–Kier alpha value is -3.61. The zero-order chi connectivity index (χ0) is 25.3. The predicted octanol–water partition coefficient (Wildman–Crippen LogP) is 0.676. The lowest BCUT2D eigenvalue weighted by atomic mass is 9.92. The van der Waals surface area contributed by atoms with Crippen molar-refractivity contribution in [1.82, 2.24) is 10.6 Å². The summed E-state index contributed by atoms with van der Waals surface area (Å²) in [5, 5.41) is 14.9. The van der Waals surface area contributed by atoms with Gasteiger partial charge in [0, 0.05) is 17.3 Å². The van der Waals surface area contributed by atoms with Crippen LogP contribution in [0.3, 0.4) is 0 Å². The van der Waals surface area contributed by atoms with Crippen LogP contribution in [-0.2, 0) is 14.5 Å². The molecule has 0 aromatic heterocycles. The fraction of sp³-hybridized carbons (Fsp3) is 0.409.